The molecule has 1 aromatic carbocycles. The van der Waals surface area contributed by atoms with Crippen LogP contribution in [-0.4, -0.2) is 98.1 Å². The number of benzene rings is 1. The van der Waals surface area contributed by atoms with Gasteiger partial charge in [0.2, 0.25) is 17.7 Å². The monoisotopic (exact) mass is 474 g/mol. The number of carbonyl (C=O) groups is 4. The molecule has 0 bridgehead atoms. The van der Waals surface area contributed by atoms with Crippen LogP contribution in [0.15, 0.2) is 24.3 Å². The highest BCUT2D eigenvalue weighted by molar-refractivity contribution is 5.96. The predicted octanol–water partition coefficient (Wildman–Crippen LogP) is -0.850. The van der Waals surface area contributed by atoms with Gasteiger partial charge < -0.3 is 29.9 Å². The van der Waals surface area contributed by atoms with Crippen molar-refractivity contribution in [1.82, 2.24) is 20.4 Å². The summed E-state index contributed by atoms with van der Waals surface area (Å²) >= 11 is 0. The molecule has 2 fully saturated rings. The van der Waals surface area contributed by atoms with Gasteiger partial charge >= 0.3 is 0 Å². The molecule has 2 heterocycles. The smallest absolute Gasteiger partial charge is 0.254 e. The molecular formula is C23H27FN4O6. The molecule has 0 spiro atoms. The normalized spacial score (nSPS) is 23.0. The van der Waals surface area contributed by atoms with E-state index in [-0.39, 0.29) is 64.6 Å². The summed E-state index contributed by atoms with van der Waals surface area (Å²) in [7, 11) is 0. The average Bonchev–Trinajstić information content (AvgIpc) is 2.84. The van der Waals surface area contributed by atoms with Gasteiger partial charge in [-0.1, -0.05) is 0 Å². The number of nitrogens with one attached hydrogen (secondary N) is 2. The lowest BCUT2D eigenvalue weighted by atomic mass is 10.1. The van der Waals surface area contributed by atoms with Crippen LogP contribution in [0.25, 0.3) is 0 Å². The number of fused-ring (bicyclic) bond motifs is 1. The minimum absolute atomic E-state index is 0.0551. The van der Waals surface area contributed by atoms with Gasteiger partial charge in [0.15, 0.2) is 0 Å². The van der Waals surface area contributed by atoms with E-state index < -0.39 is 41.5 Å². The molecule has 1 aromatic rings. The fraction of sp³-hybridized carbons (Fsp3) is 0.478. The highest BCUT2D eigenvalue weighted by Crippen LogP contribution is 2.16. The van der Waals surface area contributed by atoms with Gasteiger partial charge in [0.05, 0.1) is 26.4 Å². The molecule has 2 saturated heterocycles. The molecule has 0 saturated carbocycles. The lowest BCUT2D eigenvalue weighted by Crippen LogP contribution is -2.63. The first kappa shape index (κ1) is 25.1. The third-order valence-corrected chi connectivity index (χ3v) is 5.48. The number of piperazine rings is 1. The highest BCUT2D eigenvalue weighted by Gasteiger charge is 2.38. The van der Waals surface area contributed by atoms with E-state index in [1.165, 1.54) is 34.1 Å². The van der Waals surface area contributed by atoms with Gasteiger partial charge in [-0.25, -0.2) is 4.39 Å². The van der Waals surface area contributed by atoms with Crippen LogP contribution in [0.3, 0.4) is 0 Å². The maximum atomic E-state index is 13.2. The Balaban J connectivity index is 1.82. The maximum Gasteiger partial charge on any atom is 0.254 e. The lowest BCUT2D eigenvalue weighted by molar-refractivity contribution is -0.147. The summed E-state index contributed by atoms with van der Waals surface area (Å²) in [5.74, 6) is -0.0378. The first-order chi connectivity index (χ1) is 16.4. The molecule has 2 atom stereocenters. The summed E-state index contributed by atoms with van der Waals surface area (Å²) in [5.41, 5.74) is 0.256. The van der Waals surface area contributed by atoms with Crippen molar-refractivity contribution in [2.24, 2.45) is 0 Å². The number of terminal acetylenes is 1. The van der Waals surface area contributed by atoms with Crippen molar-refractivity contribution in [2.75, 3.05) is 52.6 Å². The van der Waals surface area contributed by atoms with Crippen molar-refractivity contribution < 1.29 is 33.0 Å². The Morgan fingerprint density at radius 3 is 2.56 bits per heavy atom. The van der Waals surface area contributed by atoms with Crippen LogP contribution in [0.1, 0.15) is 16.8 Å². The number of hydrogen-bond acceptors (Lipinski definition) is 6. The quantitative estimate of drug-likeness (QED) is 0.540. The second-order valence-corrected chi connectivity index (χ2v) is 7.79. The molecule has 2 aliphatic rings. The Hall–Kier alpha value is -3.49. The Bertz CT molecular complexity index is 948. The van der Waals surface area contributed by atoms with E-state index in [0.29, 0.717) is 0 Å². The number of rotatable bonds is 2. The van der Waals surface area contributed by atoms with Crippen molar-refractivity contribution in [3.63, 3.8) is 0 Å². The summed E-state index contributed by atoms with van der Waals surface area (Å²) in [6.07, 6.45) is 5.32. The Kier molecular flexibility index (Phi) is 8.95. The zero-order valence-electron chi connectivity index (χ0n) is 18.6. The molecule has 11 heteroatoms. The Labute approximate surface area is 196 Å². The zero-order valence-corrected chi connectivity index (χ0v) is 18.6. The average molecular weight is 474 g/mol. The van der Waals surface area contributed by atoms with E-state index >= 15 is 0 Å². The Morgan fingerprint density at radius 1 is 1.09 bits per heavy atom. The molecule has 182 valence electrons. The van der Waals surface area contributed by atoms with Crippen molar-refractivity contribution in [2.45, 2.75) is 18.5 Å². The van der Waals surface area contributed by atoms with Crippen molar-refractivity contribution in [3.05, 3.63) is 35.6 Å². The summed E-state index contributed by atoms with van der Waals surface area (Å²) in [5, 5.41) is 5.26. The molecule has 0 radical (unpaired) electrons. The van der Waals surface area contributed by atoms with Crippen molar-refractivity contribution in [1.29, 1.82) is 0 Å². The maximum absolute atomic E-state index is 13.2. The van der Waals surface area contributed by atoms with Crippen LogP contribution in [0.4, 0.5) is 4.39 Å². The molecule has 10 nitrogen and oxygen atoms in total. The summed E-state index contributed by atoms with van der Waals surface area (Å²) in [6.45, 7) is 0.722. The summed E-state index contributed by atoms with van der Waals surface area (Å²) in [6, 6.07) is 2.98. The number of halogens is 1. The van der Waals surface area contributed by atoms with Crippen LogP contribution in [-0.2, 0) is 23.9 Å². The fourth-order valence-electron chi connectivity index (χ4n) is 3.69. The second-order valence-electron chi connectivity index (χ2n) is 7.79. The molecule has 2 aliphatic heterocycles. The molecule has 0 unspecified atom stereocenters. The third kappa shape index (κ3) is 6.52. The Morgan fingerprint density at radius 2 is 1.82 bits per heavy atom. The van der Waals surface area contributed by atoms with E-state index in [9.17, 15) is 23.6 Å². The molecular weight excluding hydrogens is 447 g/mol. The van der Waals surface area contributed by atoms with E-state index in [0.717, 1.165) is 0 Å². The number of nitrogens with zero attached hydrogens (tertiary/aromatic N) is 2. The van der Waals surface area contributed by atoms with Crippen LogP contribution >= 0.6 is 0 Å². The zero-order chi connectivity index (χ0) is 24.5. The number of hydrogen-bond donors (Lipinski definition) is 2. The largest absolute Gasteiger partial charge is 0.377 e. The van der Waals surface area contributed by atoms with Crippen LogP contribution < -0.4 is 10.6 Å². The first-order valence-corrected chi connectivity index (χ1v) is 10.9. The topological polar surface area (TPSA) is 117 Å². The molecule has 0 aromatic heterocycles. The van der Waals surface area contributed by atoms with E-state index in [1.54, 1.807) is 0 Å². The van der Waals surface area contributed by atoms with Gasteiger partial charge in [0.1, 0.15) is 24.5 Å². The van der Waals surface area contributed by atoms with Gasteiger partial charge in [-0.15, -0.1) is 12.3 Å². The van der Waals surface area contributed by atoms with Crippen LogP contribution in [0.2, 0.25) is 0 Å². The second kappa shape index (κ2) is 12.1. The molecule has 0 aliphatic carbocycles. The lowest BCUT2D eigenvalue weighted by Gasteiger charge is -2.40. The predicted molar refractivity (Wildman–Crippen MR) is 118 cm³/mol. The molecule has 2 N–H and O–H groups in total. The minimum Gasteiger partial charge on any atom is -0.377 e. The van der Waals surface area contributed by atoms with Gasteiger partial charge in [-0.2, -0.15) is 0 Å². The minimum atomic E-state index is -1.07. The van der Waals surface area contributed by atoms with Crippen molar-refractivity contribution in [3.8, 4) is 12.3 Å². The summed E-state index contributed by atoms with van der Waals surface area (Å²) < 4.78 is 24.0. The SMILES string of the molecule is C#CC[C@H]1NC(=O)[C@@H]2CN(C(=O)c3ccc(F)cc3)CCN2C(=O)COCCOCCNC1=O. The van der Waals surface area contributed by atoms with E-state index in [4.69, 9.17) is 15.9 Å². The van der Waals surface area contributed by atoms with Crippen LogP contribution in [0.5, 0.6) is 0 Å². The van der Waals surface area contributed by atoms with Crippen LogP contribution in [0, 0.1) is 18.2 Å². The molecule has 34 heavy (non-hydrogen) atoms. The van der Waals surface area contributed by atoms with Gasteiger partial charge in [-0.05, 0) is 24.3 Å². The third-order valence-electron chi connectivity index (χ3n) is 5.48. The number of amides is 4. The molecule has 4 amide bonds. The number of carbonyl (C=O) groups excluding carboxylic acids is 4. The summed E-state index contributed by atoms with van der Waals surface area (Å²) in [4.78, 5) is 54.2. The van der Waals surface area contributed by atoms with Gasteiger partial charge in [0, 0.05) is 31.6 Å². The fourth-order valence-corrected chi connectivity index (χ4v) is 3.69. The van der Waals surface area contributed by atoms with Crippen molar-refractivity contribution >= 4 is 23.6 Å². The number of ether oxygens (including phenoxy) is 2. The highest BCUT2D eigenvalue weighted by atomic mass is 19.1. The standard InChI is InChI=1S/C23H27FN4O6/c1-2-3-18-21(30)25-8-11-33-12-13-34-15-20(29)28-10-9-27(14-19(28)22(31)26-18)23(32)16-4-6-17(24)7-5-16/h1,4-7,18-19H,3,8-15H2,(H,25,30)(H,26,31)/t18-,19+/m1/s1. The van der Waals surface area contributed by atoms with Gasteiger partial charge in [0.25, 0.3) is 5.91 Å². The van der Waals surface area contributed by atoms with E-state index in [1.807, 2.05) is 0 Å². The molecule has 3 rings (SSSR count). The van der Waals surface area contributed by atoms with E-state index in [2.05, 4.69) is 16.6 Å². The first-order valence-electron chi connectivity index (χ1n) is 10.9. The van der Waals surface area contributed by atoms with Gasteiger partial charge in [-0.3, -0.25) is 19.2 Å².